The molecular weight excluding hydrogens is 198 g/mol. The molecule has 0 fully saturated rings. The third kappa shape index (κ3) is 1.11. The van der Waals surface area contributed by atoms with Crippen molar-refractivity contribution < 1.29 is 5.11 Å². The average Bonchev–Trinajstić information content (AvgIpc) is 2.43. The molecule has 2 rings (SSSR count). The van der Waals surface area contributed by atoms with Crippen LogP contribution in [0.5, 0.6) is 5.75 Å². The predicted molar refractivity (Wildman–Crippen MR) is 59.0 cm³/mol. The molecular formula is C11H12ClNO. The van der Waals surface area contributed by atoms with Gasteiger partial charge in [0.2, 0.25) is 0 Å². The van der Waals surface area contributed by atoms with E-state index in [9.17, 15) is 5.11 Å². The minimum absolute atomic E-state index is 0.291. The summed E-state index contributed by atoms with van der Waals surface area (Å²) in [6, 6.07) is 5.49. The molecule has 0 aliphatic heterocycles. The number of hydrogen-bond acceptors (Lipinski definition) is 1. The Labute approximate surface area is 87.7 Å². The van der Waals surface area contributed by atoms with Gasteiger partial charge < -0.3 is 9.67 Å². The number of phenols is 1. The molecule has 0 aliphatic rings. The van der Waals surface area contributed by atoms with Gasteiger partial charge in [-0.25, -0.2) is 0 Å². The Bertz CT molecular complexity index is 487. The maximum absolute atomic E-state index is 9.74. The summed E-state index contributed by atoms with van der Waals surface area (Å²) in [6.07, 6.45) is 0. The number of halogens is 1. The second kappa shape index (κ2) is 3.21. The molecule has 0 amide bonds. The quantitative estimate of drug-likeness (QED) is 0.766. The van der Waals surface area contributed by atoms with E-state index in [0.29, 0.717) is 10.9 Å². The van der Waals surface area contributed by atoms with Crippen molar-refractivity contribution in [2.24, 2.45) is 0 Å². The third-order valence-electron chi connectivity index (χ3n) is 2.55. The van der Waals surface area contributed by atoms with Gasteiger partial charge in [0, 0.05) is 11.9 Å². The van der Waals surface area contributed by atoms with Crippen LogP contribution in [0.3, 0.4) is 0 Å². The lowest BCUT2D eigenvalue weighted by Gasteiger charge is -2.03. The van der Waals surface area contributed by atoms with Gasteiger partial charge in [0.05, 0.1) is 5.52 Å². The number of hydrogen-bond donors (Lipinski definition) is 1. The van der Waals surface area contributed by atoms with Crippen LogP contribution in [0.25, 0.3) is 10.9 Å². The topological polar surface area (TPSA) is 25.2 Å². The van der Waals surface area contributed by atoms with Crippen molar-refractivity contribution >= 4 is 22.5 Å². The number of nitrogens with zero attached hydrogens (tertiary/aromatic N) is 1. The van der Waals surface area contributed by atoms with E-state index in [4.69, 9.17) is 11.6 Å². The third-order valence-corrected chi connectivity index (χ3v) is 3.04. The fourth-order valence-electron chi connectivity index (χ4n) is 1.83. The van der Waals surface area contributed by atoms with E-state index in [2.05, 4.69) is 0 Å². The number of aromatic nitrogens is 1. The Morgan fingerprint density at radius 3 is 2.79 bits per heavy atom. The van der Waals surface area contributed by atoms with E-state index in [-0.39, 0.29) is 0 Å². The Morgan fingerprint density at radius 1 is 1.43 bits per heavy atom. The summed E-state index contributed by atoms with van der Waals surface area (Å²) in [7, 11) is 0. The Morgan fingerprint density at radius 2 is 2.14 bits per heavy atom. The Hall–Kier alpha value is -1.15. The van der Waals surface area contributed by atoms with Gasteiger partial charge in [-0.1, -0.05) is 23.7 Å². The first-order valence-corrected chi connectivity index (χ1v) is 5.01. The molecule has 0 bridgehead atoms. The zero-order valence-corrected chi connectivity index (χ0v) is 8.97. The number of rotatable bonds is 1. The highest BCUT2D eigenvalue weighted by molar-refractivity contribution is 6.32. The van der Waals surface area contributed by atoms with Crippen molar-refractivity contribution in [2.75, 3.05) is 0 Å². The lowest BCUT2D eigenvalue weighted by molar-refractivity contribution is 0.478. The highest BCUT2D eigenvalue weighted by Crippen LogP contribution is 2.34. The SMILES string of the molecule is CCn1c(Cl)c(C)c2cccc(O)c21. The second-order valence-corrected chi connectivity index (χ2v) is 3.69. The Balaban J connectivity index is 2.96. The van der Waals surface area contributed by atoms with Crippen LogP contribution in [-0.4, -0.2) is 9.67 Å². The van der Waals surface area contributed by atoms with Crippen LogP contribution in [0, 0.1) is 6.92 Å². The molecule has 0 atom stereocenters. The number of para-hydroxylation sites is 1. The second-order valence-electron chi connectivity index (χ2n) is 3.33. The fourth-order valence-corrected chi connectivity index (χ4v) is 2.13. The zero-order valence-electron chi connectivity index (χ0n) is 8.21. The van der Waals surface area contributed by atoms with E-state index >= 15 is 0 Å². The minimum Gasteiger partial charge on any atom is -0.506 e. The summed E-state index contributed by atoms with van der Waals surface area (Å²) < 4.78 is 1.92. The van der Waals surface area contributed by atoms with Crippen molar-refractivity contribution in [2.45, 2.75) is 20.4 Å². The first-order chi connectivity index (χ1) is 6.66. The maximum Gasteiger partial charge on any atom is 0.139 e. The number of phenolic OH excluding ortho intramolecular Hbond substituents is 1. The van der Waals surface area contributed by atoms with Crippen LogP contribution in [-0.2, 0) is 6.54 Å². The van der Waals surface area contributed by atoms with Crippen LogP contribution in [0.4, 0.5) is 0 Å². The largest absolute Gasteiger partial charge is 0.506 e. The van der Waals surface area contributed by atoms with Crippen molar-refractivity contribution in [3.63, 3.8) is 0 Å². The average molecular weight is 210 g/mol. The van der Waals surface area contributed by atoms with Crippen molar-refractivity contribution in [1.29, 1.82) is 0 Å². The van der Waals surface area contributed by atoms with Gasteiger partial charge in [0.25, 0.3) is 0 Å². The first-order valence-electron chi connectivity index (χ1n) is 4.63. The van der Waals surface area contributed by atoms with E-state index in [1.54, 1.807) is 6.07 Å². The standard InChI is InChI=1S/C11H12ClNO/c1-3-13-10-8(7(2)11(13)12)5-4-6-9(10)14/h4-6,14H,3H2,1-2H3. The van der Waals surface area contributed by atoms with Gasteiger partial charge in [0.1, 0.15) is 10.9 Å². The molecule has 0 spiro atoms. The maximum atomic E-state index is 9.74. The molecule has 74 valence electrons. The molecule has 0 saturated carbocycles. The van der Waals surface area contributed by atoms with E-state index in [0.717, 1.165) is 23.0 Å². The van der Waals surface area contributed by atoms with Crippen LogP contribution in [0.1, 0.15) is 12.5 Å². The van der Waals surface area contributed by atoms with Gasteiger partial charge >= 0.3 is 0 Å². The van der Waals surface area contributed by atoms with Gasteiger partial charge in [-0.05, 0) is 25.5 Å². The van der Waals surface area contributed by atoms with Crippen LogP contribution >= 0.6 is 11.6 Å². The number of fused-ring (bicyclic) bond motifs is 1. The number of benzene rings is 1. The van der Waals surface area contributed by atoms with Gasteiger partial charge in [-0.2, -0.15) is 0 Å². The molecule has 2 nitrogen and oxygen atoms in total. The number of aryl methyl sites for hydroxylation is 2. The highest BCUT2D eigenvalue weighted by Gasteiger charge is 2.13. The molecule has 3 heteroatoms. The first kappa shape index (κ1) is 9.41. The fraction of sp³-hybridized carbons (Fsp3) is 0.273. The predicted octanol–water partition coefficient (Wildman–Crippen LogP) is 3.33. The molecule has 1 N–H and O–H groups in total. The molecule has 0 unspecified atom stereocenters. The summed E-state index contributed by atoms with van der Waals surface area (Å²) in [5.41, 5.74) is 1.86. The molecule has 2 aromatic rings. The van der Waals surface area contributed by atoms with Gasteiger partial charge in [-0.3, -0.25) is 0 Å². The molecule has 1 aromatic carbocycles. The van der Waals surface area contributed by atoms with E-state index < -0.39 is 0 Å². The smallest absolute Gasteiger partial charge is 0.139 e. The molecule has 0 saturated heterocycles. The summed E-state index contributed by atoms with van der Waals surface area (Å²) in [5.74, 6) is 0.291. The van der Waals surface area contributed by atoms with E-state index in [1.807, 2.05) is 30.5 Å². The summed E-state index contributed by atoms with van der Waals surface area (Å²) in [4.78, 5) is 0. The normalized spacial score (nSPS) is 11.1. The van der Waals surface area contributed by atoms with Crippen LogP contribution < -0.4 is 0 Å². The summed E-state index contributed by atoms with van der Waals surface area (Å²) in [6.45, 7) is 4.74. The Kier molecular flexibility index (Phi) is 2.16. The summed E-state index contributed by atoms with van der Waals surface area (Å²) in [5, 5.41) is 11.5. The lowest BCUT2D eigenvalue weighted by atomic mass is 10.2. The molecule has 0 aliphatic carbocycles. The highest BCUT2D eigenvalue weighted by atomic mass is 35.5. The molecule has 1 heterocycles. The number of aromatic hydroxyl groups is 1. The molecule has 0 radical (unpaired) electrons. The van der Waals surface area contributed by atoms with Gasteiger partial charge in [0.15, 0.2) is 0 Å². The van der Waals surface area contributed by atoms with Gasteiger partial charge in [-0.15, -0.1) is 0 Å². The van der Waals surface area contributed by atoms with Crippen molar-refractivity contribution in [3.05, 3.63) is 28.9 Å². The minimum atomic E-state index is 0.291. The monoisotopic (exact) mass is 209 g/mol. The van der Waals surface area contributed by atoms with E-state index in [1.165, 1.54) is 0 Å². The molecule has 14 heavy (non-hydrogen) atoms. The lowest BCUT2D eigenvalue weighted by Crippen LogP contribution is -1.93. The zero-order chi connectivity index (χ0) is 10.3. The van der Waals surface area contributed by atoms with Crippen LogP contribution in [0.15, 0.2) is 18.2 Å². The summed E-state index contributed by atoms with van der Waals surface area (Å²) >= 11 is 6.16. The van der Waals surface area contributed by atoms with Crippen molar-refractivity contribution in [3.8, 4) is 5.75 Å². The van der Waals surface area contributed by atoms with Crippen LogP contribution in [0.2, 0.25) is 5.15 Å². The van der Waals surface area contributed by atoms with Crippen molar-refractivity contribution in [1.82, 2.24) is 4.57 Å². The molecule has 1 aromatic heterocycles.